The van der Waals surface area contributed by atoms with Gasteiger partial charge < -0.3 is 33.1 Å². The minimum absolute atomic E-state index is 0.0900. The molecule has 68 heavy (non-hydrogen) atoms. The molecule has 0 saturated carbocycles. The predicted molar refractivity (Wildman–Crippen MR) is 274 cm³/mol. The number of aryl methyl sites for hydroxylation is 2. The van der Waals surface area contributed by atoms with Crippen molar-refractivity contribution < 1.29 is 37.4 Å². The average Bonchev–Trinajstić information content (AvgIpc) is 3.87. The minimum Gasteiger partial charge on any atom is -0.541 e. The molecule has 1 saturated heterocycles. The van der Waals surface area contributed by atoms with E-state index in [4.69, 9.17) is 42.8 Å². The summed E-state index contributed by atoms with van der Waals surface area (Å²) >= 11 is 0. The van der Waals surface area contributed by atoms with Crippen LogP contribution in [-0.2, 0) is 30.4 Å². The van der Waals surface area contributed by atoms with E-state index < -0.39 is 47.0 Å². The number of esters is 2. The Kier molecular flexibility index (Phi) is 12.9. The first-order valence-electron chi connectivity index (χ1n) is 23.4. The van der Waals surface area contributed by atoms with Gasteiger partial charge in [0.2, 0.25) is 11.8 Å². The number of imidazole rings is 1. The van der Waals surface area contributed by atoms with Crippen molar-refractivity contribution in [3.63, 3.8) is 0 Å². The summed E-state index contributed by atoms with van der Waals surface area (Å²) in [5, 5.41) is 9.93. The maximum Gasteiger partial charge on any atom is 0.303 e. The van der Waals surface area contributed by atoms with Crippen molar-refractivity contribution >= 4 is 83.7 Å². The fourth-order valence-corrected chi connectivity index (χ4v) is 10.4. The van der Waals surface area contributed by atoms with Gasteiger partial charge in [0.25, 0.3) is 16.6 Å². The molecule has 7 aromatic rings. The first-order chi connectivity index (χ1) is 31.9. The number of hydrogen-bond donors (Lipinski definition) is 1. The fourth-order valence-electron chi connectivity index (χ4n) is 8.37. The molecule has 1 aliphatic rings. The molecule has 1 N–H and O–H groups in total. The lowest BCUT2D eigenvalue weighted by Gasteiger charge is -2.40. The van der Waals surface area contributed by atoms with Gasteiger partial charge in [-0.3, -0.25) is 14.2 Å². The van der Waals surface area contributed by atoms with Gasteiger partial charge in [-0.2, -0.15) is 9.97 Å². The van der Waals surface area contributed by atoms with Gasteiger partial charge in [0.1, 0.15) is 37.4 Å². The zero-order chi connectivity index (χ0) is 49.1. The number of rotatable bonds is 13. The summed E-state index contributed by atoms with van der Waals surface area (Å²) in [6.07, 6.45) is -0.199. The van der Waals surface area contributed by atoms with Crippen LogP contribution in [0.15, 0.2) is 79.1 Å². The summed E-state index contributed by atoms with van der Waals surface area (Å²) in [6.45, 7) is 29.7. The summed E-state index contributed by atoms with van der Waals surface area (Å²) in [6, 6.07) is 24.9. The maximum atomic E-state index is 12.2. The topological polar surface area (TPSA) is 145 Å². The van der Waals surface area contributed by atoms with Crippen LogP contribution in [0, 0.1) is 13.8 Å². The molecule has 0 amide bonds. The molecule has 2 aromatic heterocycles. The largest absolute Gasteiger partial charge is 0.541 e. The van der Waals surface area contributed by atoms with E-state index in [1.165, 1.54) is 30.2 Å². The molecule has 0 unspecified atom stereocenters. The second-order valence-electron chi connectivity index (χ2n) is 21.1. The van der Waals surface area contributed by atoms with Crippen LogP contribution in [0.3, 0.4) is 0 Å². The highest BCUT2D eigenvalue weighted by molar-refractivity contribution is 6.75. The summed E-state index contributed by atoms with van der Waals surface area (Å²) < 4.78 is 40.6. The first kappa shape index (κ1) is 48.4. The van der Waals surface area contributed by atoms with E-state index in [0.717, 1.165) is 44.1 Å². The maximum absolute atomic E-state index is 12.2. The normalized spacial score (nSPS) is 16.9. The van der Waals surface area contributed by atoms with Crippen LogP contribution in [0.4, 0.5) is 11.6 Å². The number of fused-ring (bicyclic) bond motifs is 5. The molecule has 358 valence electrons. The standard InChI is InChI=1S/C53H65N5O8Si2/c1-31-36-22-18-19-23-37(36)32(2)45-38(31)24-25-39-46(45)40(26-42(65-67(11,12)52(5,6)7)48(39)66-68(13,14)53(8,9)10)55-51-56-49-47(50(57-51)62-28-35-20-16-15-17-21-35)54-30-58(49)44-27-41(63-34(4)60)43(64-44)29-61-33(3)59/h15-26,30,41,43-44H,27-29H2,1-14H3,(H,55,56,57)/t41-,43+,44+/m0/s1. The second-order valence-corrected chi connectivity index (χ2v) is 30.5. The van der Waals surface area contributed by atoms with Crippen LogP contribution < -0.4 is 18.9 Å². The number of anilines is 2. The third-order valence-electron chi connectivity index (χ3n) is 14.2. The van der Waals surface area contributed by atoms with Crippen molar-refractivity contribution in [2.45, 2.75) is 137 Å². The Morgan fingerprint density at radius 3 is 2.06 bits per heavy atom. The Morgan fingerprint density at radius 2 is 1.41 bits per heavy atom. The molecular weight excluding hydrogens is 891 g/mol. The van der Waals surface area contributed by atoms with E-state index in [1.54, 1.807) is 10.9 Å². The molecular formula is C53H65N5O8Si2. The highest BCUT2D eigenvalue weighted by Crippen LogP contribution is 2.51. The van der Waals surface area contributed by atoms with Crippen molar-refractivity contribution in [2.24, 2.45) is 0 Å². The lowest BCUT2D eigenvalue weighted by molar-refractivity contribution is -0.155. The number of benzene rings is 5. The van der Waals surface area contributed by atoms with E-state index in [1.807, 2.05) is 30.3 Å². The lowest BCUT2D eigenvalue weighted by atomic mass is 9.89. The Balaban J connectivity index is 1.38. The number of nitrogens with zero attached hydrogens (tertiary/aromatic N) is 4. The van der Waals surface area contributed by atoms with Gasteiger partial charge in [-0.15, -0.1) is 0 Å². The van der Waals surface area contributed by atoms with E-state index in [2.05, 4.69) is 129 Å². The van der Waals surface area contributed by atoms with Gasteiger partial charge >= 0.3 is 11.9 Å². The van der Waals surface area contributed by atoms with Gasteiger partial charge in [0.05, 0.1) is 12.0 Å². The summed E-state index contributed by atoms with van der Waals surface area (Å²) in [7, 11) is -4.93. The zero-order valence-corrected chi connectivity index (χ0v) is 43.9. The van der Waals surface area contributed by atoms with Crippen molar-refractivity contribution in [1.82, 2.24) is 19.5 Å². The summed E-state index contributed by atoms with van der Waals surface area (Å²) in [5.41, 5.74) is 4.83. The average molecular weight is 956 g/mol. The zero-order valence-electron chi connectivity index (χ0n) is 41.9. The Labute approximate surface area is 401 Å². The SMILES string of the molecule is CC(=O)OC[C@H]1O[C@@H](n2cnc3c(OCc4ccccc4)nc(Nc4cc(O[Si](C)(C)C(C)(C)C)c(O[Si](C)(C)C(C)(C)C)c5ccc6c(C)c7ccccc7c(C)c6c45)nc32)C[C@@H]1OC(C)=O. The highest BCUT2D eigenvalue weighted by Gasteiger charge is 2.44. The van der Waals surface area contributed by atoms with Crippen molar-refractivity contribution in [1.29, 1.82) is 0 Å². The van der Waals surface area contributed by atoms with E-state index in [0.29, 0.717) is 16.9 Å². The Morgan fingerprint density at radius 1 is 0.779 bits per heavy atom. The van der Waals surface area contributed by atoms with Crippen LogP contribution in [0.2, 0.25) is 36.3 Å². The van der Waals surface area contributed by atoms with Crippen LogP contribution >= 0.6 is 0 Å². The van der Waals surface area contributed by atoms with Crippen molar-refractivity contribution in [3.8, 4) is 17.4 Å². The van der Waals surface area contributed by atoms with Crippen molar-refractivity contribution in [3.05, 3.63) is 95.8 Å². The first-order valence-corrected chi connectivity index (χ1v) is 29.2. The van der Waals surface area contributed by atoms with Gasteiger partial charge in [0.15, 0.2) is 16.9 Å². The summed E-state index contributed by atoms with van der Waals surface area (Å²) in [4.78, 5) is 39.1. The van der Waals surface area contributed by atoms with Crippen LogP contribution in [-0.4, -0.2) is 66.9 Å². The second kappa shape index (κ2) is 18.1. The van der Waals surface area contributed by atoms with Gasteiger partial charge in [-0.1, -0.05) is 102 Å². The van der Waals surface area contributed by atoms with Crippen molar-refractivity contribution in [2.75, 3.05) is 11.9 Å². The quantitative estimate of drug-likeness (QED) is 0.0508. The number of aromatic nitrogens is 4. The van der Waals surface area contributed by atoms with Crippen LogP contribution in [0.25, 0.3) is 43.5 Å². The molecule has 0 bridgehead atoms. The number of hydrogen-bond acceptors (Lipinski definition) is 12. The van der Waals surface area contributed by atoms with E-state index in [9.17, 15) is 9.59 Å². The van der Waals surface area contributed by atoms with Gasteiger partial charge in [-0.25, -0.2) is 4.98 Å². The monoisotopic (exact) mass is 955 g/mol. The molecule has 3 heterocycles. The fraction of sp³-hybridized carbons (Fsp3) is 0.415. The van der Waals surface area contributed by atoms with Crippen LogP contribution in [0.1, 0.15) is 84.7 Å². The van der Waals surface area contributed by atoms with Gasteiger partial charge in [0, 0.05) is 37.1 Å². The highest BCUT2D eigenvalue weighted by atomic mass is 28.4. The van der Waals surface area contributed by atoms with E-state index >= 15 is 0 Å². The molecule has 5 aromatic carbocycles. The molecule has 0 spiro atoms. The number of carbonyl (C=O) groups is 2. The Hall–Kier alpha value is -6.04. The molecule has 1 fully saturated rings. The molecule has 0 radical (unpaired) electrons. The lowest BCUT2D eigenvalue weighted by Crippen LogP contribution is -2.45. The molecule has 13 nitrogen and oxygen atoms in total. The molecule has 1 aliphatic heterocycles. The van der Waals surface area contributed by atoms with Gasteiger partial charge in [-0.05, 0) is 94.4 Å². The smallest absolute Gasteiger partial charge is 0.303 e. The third-order valence-corrected chi connectivity index (χ3v) is 22.8. The predicted octanol–water partition coefficient (Wildman–Crippen LogP) is 12.8. The number of ether oxygens (including phenoxy) is 4. The molecule has 0 aliphatic carbocycles. The molecule has 8 rings (SSSR count). The number of nitrogens with one attached hydrogen (secondary N) is 1. The minimum atomic E-state index is -2.47. The summed E-state index contributed by atoms with van der Waals surface area (Å²) in [5.74, 6) is 0.967. The Bertz CT molecular complexity index is 3070. The number of carbonyl (C=O) groups excluding carboxylic acids is 2. The van der Waals surface area contributed by atoms with Crippen LogP contribution in [0.5, 0.6) is 17.4 Å². The van der Waals surface area contributed by atoms with E-state index in [-0.39, 0.29) is 41.5 Å². The molecule has 15 heteroatoms. The third kappa shape index (κ3) is 9.40. The molecule has 3 atom stereocenters.